The van der Waals surface area contributed by atoms with E-state index in [0.717, 1.165) is 58.8 Å². The predicted octanol–water partition coefficient (Wildman–Crippen LogP) is 6.72. The molecule has 0 radical (unpaired) electrons. The van der Waals surface area contributed by atoms with Crippen molar-refractivity contribution in [3.63, 3.8) is 0 Å². The van der Waals surface area contributed by atoms with Crippen LogP contribution in [0.15, 0.2) is 76.8 Å². The molecule has 2 heterocycles. The molecular weight excluding hydrogens is 701 g/mol. The number of halogens is 2. The maximum absolute atomic E-state index is 14.7. The summed E-state index contributed by atoms with van der Waals surface area (Å²) >= 11 is 3.41. The van der Waals surface area contributed by atoms with E-state index < -0.39 is 5.97 Å². The number of benzene rings is 3. The van der Waals surface area contributed by atoms with E-state index >= 15 is 0 Å². The van der Waals surface area contributed by atoms with Crippen molar-refractivity contribution in [3.8, 4) is 5.75 Å². The maximum atomic E-state index is 14.7. The Labute approximate surface area is 301 Å². The van der Waals surface area contributed by atoms with Crippen molar-refractivity contribution in [1.82, 2.24) is 15.1 Å². The van der Waals surface area contributed by atoms with Crippen LogP contribution in [0.1, 0.15) is 67.2 Å². The van der Waals surface area contributed by atoms with Crippen LogP contribution in [0.5, 0.6) is 5.75 Å². The van der Waals surface area contributed by atoms with Gasteiger partial charge in [-0.3, -0.25) is 14.4 Å². The van der Waals surface area contributed by atoms with E-state index in [2.05, 4.69) is 69.5 Å². The third-order valence-corrected chi connectivity index (χ3v) is 10.6. The SMILES string of the molecule is Cc1ccccc1CCN(C(=O)C1=C(c2ccc(CCCOc3cc(F)ccc3Br)cc2)C[C@@H]2CN(C(=O)CCCC(=O)O)C[C@H]1N2)C1CC1. The highest BCUT2D eigenvalue weighted by Crippen LogP contribution is 2.37. The van der Waals surface area contributed by atoms with Gasteiger partial charge in [0.05, 0.1) is 17.1 Å². The second-order valence-corrected chi connectivity index (χ2v) is 14.5. The van der Waals surface area contributed by atoms with Crippen LogP contribution in [0, 0.1) is 12.7 Å². The van der Waals surface area contributed by atoms with Gasteiger partial charge < -0.3 is 25.0 Å². The lowest BCUT2D eigenvalue weighted by Gasteiger charge is -2.45. The van der Waals surface area contributed by atoms with Crippen LogP contribution in [0.25, 0.3) is 5.57 Å². The fraction of sp³-hybridized carbons (Fsp3) is 0.425. The van der Waals surface area contributed by atoms with Crippen molar-refractivity contribution in [1.29, 1.82) is 0 Å². The molecule has 1 saturated heterocycles. The molecule has 2 amide bonds. The average Bonchev–Trinajstić information content (AvgIpc) is 3.94. The smallest absolute Gasteiger partial charge is 0.303 e. The van der Waals surface area contributed by atoms with Crippen LogP contribution in [0.2, 0.25) is 0 Å². The zero-order valence-electron chi connectivity index (χ0n) is 28.5. The number of carbonyl (C=O) groups excluding carboxylic acids is 2. The average molecular weight is 747 g/mol. The molecule has 8 nitrogen and oxygen atoms in total. The number of hydrogen-bond donors (Lipinski definition) is 2. The number of piperazine rings is 1. The van der Waals surface area contributed by atoms with Crippen LogP contribution < -0.4 is 10.1 Å². The van der Waals surface area contributed by atoms with Crippen molar-refractivity contribution in [2.24, 2.45) is 0 Å². The fourth-order valence-electron chi connectivity index (χ4n) is 7.16. The molecular formula is C40H45BrFN3O5. The zero-order valence-corrected chi connectivity index (χ0v) is 30.1. The monoisotopic (exact) mass is 745 g/mol. The molecule has 3 aromatic carbocycles. The lowest BCUT2D eigenvalue weighted by molar-refractivity contribution is -0.138. The van der Waals surface area contributed by atoms with E-state index in [0.29, 0.717) is 44.8 Å². The summed E-state index contributed by atoms with van der Waals surface area (Å²) in [6.45, 7) is 4.09. The number of carboxylic acid groups (broad SMARTS) is 1. The van der Waals surface area contributed by atoms with Crippen molar-refractivity contribution >= 4 is 39.3 Å². The van der Waals surface area contributed by atoms with E-state index in [1.54, 1.807) is 6.07 Å². The zero-order chi connectivity index (χ0) is 35.2. The van der Waals surface area contributed by atoms with Crippen molar-refractivity contribution in [2.75, 3.05) is 26.2 Å². The van der Waals surface area contributed by atoms with Gasteiger partial charge in [-0.05, 0) is 108 Å². The molecule has 2 atom stereocenters. The van der Waals surface area contributed by atoms with E-state index in [4.69, 9.17) is 9.84 Å². The molecule has 0 aromatic heterocycles. The molecule has 2 N–H and O–H groups in total. The summed E-state index contributed by atoms with van der Waals surface area (Å²) < 4.78 is 20.2. The Kier molecular flexibility index (Phi) is 11.7. The van der Waals surface area contributed by atoms with Gasteiger partial charge in [0.1, 0.15) is 11.6 Å². The van der Waals surface area contributed by atoms with E-state index in [1.807, 2.05) is 17.0 Å². The molecule has 0 spiro atoms. The molecule has 2 fully saturated rings. The first-order valence-corrected chi connectivity index (χ1v) is 18.5. The molecule has 2 aliphatic heterocycles. The Morgan fingerprint density at radius 3 is 2.52 bits per heavy atom. The highest BCUT2D eigenvalue weighted by molar-refractivity contribution is 9.10. The summed E-state index contributed by atoms with van der Waals surface area (Å²) in [7, 11) is 0. The summed E-state index contributed by atoms with van der Waals surface area (Å²) in [4.78, 5) is 42.9. The van der Waals surface area contributed by atoms with Gasteiger partial charge in [0, 0.05) is 56.2 Å². The fourth-order valence-corrected chi connectivity index (χ4v) is 7.52. The van der Waals surface area contributed by atoms with E-state index in [-0.39, 0.29) is 48.6 Å². The highest BCUT2D eigenvalue weighted by Gasteiger charge is 2.43. The van der Waals surface area contributed by atoms with Crippen LogP contribution in [0.3, 0.4) is 0 Å². The number of aryl methyl sites for hydroxylation is 2. The Bertz CT molecular complexity index is 1740. The van der Waals surface area contributed by atoms with Crippen LogP contribution in [-0.2, 0) is 27.2 Å². The molecule has 3 aliphatic rings. The number of ether oxygens (including phenoxy) is 1. The Balaban J connectivity index is 1.21. The number of fused-ring (bicyclic) bond motifs is 2. The Morgan fingerprint density at radius 1 is 1.00 bits per heavy atom. The van der Waals surface area contributed by atoms with Crippen molar-refractivity contribution in [2.45, 2.75) is 82.8 Å². The summed E-state index contributed by atoms with van der Waals surface area (Å²) in [6, 6.07) is 21.0. The number of rotatable bonds is 15. The second-order valence-electron chi connectivity index (χ2n) is 13.7. The van der Waals surface area contributed by atoms with Gasteiger partial charge in [0.15, 0.2) is 0 Å². The summed E-state index contributed by atoms with van der Waals surface area (Å²) in [5.74, 6) is -0.778. The number of carbonyl (C=O) groups is 3. The molecule has 1 saturated carbocycles. The summed E-state index contributed by atoms with van der Waals surface area (Å²) in [5, 5.41) is 12.7. The number of nitrogens with zero attached hydrogens (tertiary/aromatic N) is 2. The minimum atomic E-state index is -0.905. The Hall–Kier alpha value is -4.02. The van der Waals surface area contributed by atoms with E-state index in [1.165, 1.54) is 23.3 Å². The van der Waals surface area contributed by atoms with Gasteiger partial charge in [-0.2, -0.15) is 0 Å². The first-order chi connectivity index (χ1) is 24.2. The van der Waals surface area contributed by atoms with Gasteiger partial charge in [-0.1, -0.05) is 48.5 Å². The predicted molar refractivity (Wildman–Crippen MR) is 194 cm³/mol. The number of amides is 2. The number of nitrogens with one attached hydrogen (secondary N) is 1. The van der Waals surface area contributed by atoms with Crippen molar-refractivity contribution < 1.29 is 28.6 Å². The highest BCUT2D eigenvalue weighted by atomic mass is 79.9. The molecule has 6 rings (SSSR count). The number of hydrogen-bond acceptors (Lipinski definition) is 5. The van der Waals surface area contributed by atoms with E-state index in [9.17, 15) is 18.8 Å². The molecule has 3 aromatic rings. The normalized spacial score (nSPS) is 18.6. The molecule has 0 unspecified atom stereocenters. The maximum Gasteiger partial charge on any atom is 0.303 e. The standard InChI is InChI=1S/C40H45BrFN3O5/c1-26-6-2-3-8-28(26)19-20-45(32-16-17-32)40(49)39-33(23-31-24-44(25-35(39)43-31)37(46)9-4-10-38(47)48)29-13-11-27(12-14-29)7-5-21-50-36-22-30(42)15-18-34(36)41/h2-3,6,8,11-15,18,22,31-32,35,43H,4-5,7,9-10,16-17,19-21,23-25H2,1H3,(H,47,48)/t31-,35-/m1/s1. The summed E-state index contributed by atoms with van der Waals surface area (Å²) in [6.07, 6.45) is 5.37. The largest absolute Gasteiger partial charge is 0.492 e. The van der Waals surface area contributed by atoms with Gasteiger partial charge >= 0.3 is 5.97 Å². The molecule has 50 heavy (non-hydrogen) atoms. The number of carboxylic acids is 1. The third-order valence-electron chi connectivity index (χ3n) is 9.96. The Morgan fingerprint density at radius 2 is 1.78 bits per heavy atom. The van der Waals surface area contributed by atoms with Crippen LogP contribution in [0.4, 0.5) is 4.39 Å². The minimum Gasteiger partial charge on any atom is -0.492 e. The molecule has 1 aliphatic carbocycles. The quantitative estimate of drug-likeness (QED) is 0.168. The van der Waals surface area contributed by atoms with Gasteiger partial charge in [-0.15, -0.1) is 0 Å². The van der Waals surface area contributed by atoms with Gasteiger partial charge in [0.25, 0.3) is 5.91 Å². The lowest BCUT2D eigenvalue weighted by atomic mass is 9.82. The minimum absolute atomic E-state index is 0.0101. The third kappa shape index (κ3) is 9.01. The number of aliphatic carboxylic acids is 1. The molecule has 2 bridgehead atoms. The summed E-state index contributed by atoms with van der Waals surface area (Å²) in [5.41, 5.74) is 6.40. The van der Waals surface area contributed by atoms with Crippen LogP contribution >= 0.6 is 15.9 Å². The van der Waals surface area contributed by atoms with Crippen LogP contribution in [-0.4, -0.2) is 77.1 Å². The second kappa shape index (κ2) is 16.3. The molecule has 10 heteroatoms. The first-order valence-electron chi connectivity index (χ1n) is 17.7. The first kappa shape index (κ1) is 35.8. The van der Waals surface area contributed by atoms with Gasteiger partial charge in [0.2, 0.25) is 5.91 Å². The molecule has 264 valence electrons. The van der Waals surface area contributed by atoms with Crippen molar-refractivity contribution in [3.05, 3.63) is 105 Å². The van der Waals surface area contributed by atoms with Gasteiger partial charge in [-0.25, -0.2) is 4.39 Å². The lowest BCUT2D eigenvalue weighted by Crippen LogP contribution is -2.62. The topological polar surface area (TPSA) is 99.2 Å².